The molecule has 0 aromatic rings. The Hall–Kier alpha value is -0.860. The van der Waals surface area contributed by atoms with E-state index in [1.807, 2.05) is 0 Å². The molecular weight excluding hydrogens is 384 g/mol. The highest BCUT2D eigenvalue weighted by Crippen LogP contribution is 2.67. The van der Waals surface area contributed by atoms with Gasteiger partial charge >= 0.3 is 5.97 Å². The summed E-state index contributed by atoms with van der Waals surface area (Å²) < 4.78 is 0. The smallest absolute Gasteiger partial charge is 0.303 e. The van der Waals surface area contributed by atoms with Gasteiger partial charge in [-0.25, -0.2) is 0 Å². The fourth-order valence-electron chi connectivity index (χ4n) is 8.54. The molecule has 3 saturated carbocycles. The SMILES string of the molecule is CC[C@H]1CC(=O)[C@](C)(CCC(=O)O)[C@H]2CC[C@]3(C)[C@@H]([C@H](C)CCCC(C)C)CC[C@H]3[C@H]12. The monoisotopic (exact) mass is 432 g/mol. The van der Waals surface area contributed by atoms with Crippen molar-refractivity contribution in [3.05, 3.63) is 0 Å². The van der Waals surface area contributed by atoms with Gasteiger partial charge in [0.05, 0.1) is 0 Å². The zero-order valence-electron chi connectivity index (χ0n) is 21.1. The molecule has 0 saturated heterocycles. The second kappa shape index (κ2) is 9.56. The summed E-state index contributed by atoms with van der Waals surface area (Å²) >= 11 is 0. The van der Waals surface area contributed by atoms with Crippen molar-refractivity contribution in [3.8, 4) is 0 Å². The maximum atomic E-state index is 13.3. The van der Waals surface area contributed by atoms with Crippen LogP contribution < -0.4 is 0 Å². The van der Waals surface area contributed by atoms with Gasteiger partial charge in [-0.15, -0.1) is 0 Å². The van der Waals surface area contributed by atoms with Crippen molar-refractivity contribution in [2.45, 2.75) is 112 Å². The minimum atomic E-state index is -0.764. The average Bonchev–Trinajstić information content (AvgIpc) is 3.05. The summed E-state index contributed by atoms with van der Waals surface area (Å²) in [5.74, 6) is 4.17. The normalized spacial score (nSPS) is 41.1. The summed E-state index contributed by atoms with van der Waals surface area (Å²) in [6.45, 7) is 14.1. The fourth-order valence-corrected chi connectivity index (χ4v) is 8.54. The van der Waals surface area contributed by atoms with Crippen molar-refractivity contribution in [3.63, 3.8) is 0 Å². The highest BCUT2D eigenvalue weighted by molar-refractivity contribution is 5.86. The quantitative estimate of drug-likeness (QED) is 0.413. The molecule has 31 heavy (non-hydrogen) atoms. The number of Topliss-reactive ketones (excluding diaryl/α,β-unsaturated/α-hetero) is 1. The lowest BCUT2D eigenvalue weighted by Gasteiger charge is -2.58. The van der Waals surface area contributed by atoms with Crippen molar-refractivity contribution < 1.29 is 14.7 Å². The van der Waals surface area contributed by atoms with E-state index in [2.05, 4.69) is 41.5 Å². The van der Waals surface area contributed by atoms with Crippen molar-refractivity contribution in [2.24, 2.45) is 52.3 Å². The van der Waals surface area contributed by atoms with E-state index < -0.39 is 11.4 Å². The number of hydrogen-bond donors (Lipinski definition) is 1. The van der Waals surface area contributed by atoms with Crippen LogP contribution in [0.1, 0.15) is 112 Å². The Kier molecular flexibility index (Phi) is 7.64. The largest absolute Gasteiger partial charge is 0.481 e. The molecule has 3 fully saturated rings. The van der Waals surface area contributed by atoms with Crippen LogP contribution in [0.3, 0.4) is 0 Å². The molecule has 0 aromatic carbocycles. The van der Waals surface area contributed by atoms with Crippen LogP contribution in [0, 0.1) is 52.3 Å². The third-order valence-corrected chi connectivity index (χ3v) is 10.4. The molecule has 0 bridgehead atoms. The van der Waals surface area contributed by atoms with E-state index in [4.69, 9.17) is 0 Å². The predicted octanol–water partition coefficient (Wildman–Crippen LogP) is 7.38. The molecule has 3 aliphatic rings. The molecular formula is C28H48O3. The molecule has 0 aromatic heterocycles. The first kappa shape index (κ1) is 24.8. The highest BCUT2D eigenvalue weighted by atomic mass is 16.4. The molecule has 0 aliphatic heterocycles. The topological polar surface area (TPSA) is 54.4 Å². The average molecular weight is 433 g/mol. The van der Waals surface area contributed by atoms with Crippen LogP contribution in [0.5, 0.6) is 0 Å². The number of rotatable bonds is 9. The number of carbonyl (C=O) groups excluding carboxylic acids is 1. The molecule has 3 rings (SSSR count). The Morgan fingerprint density at radius 2 is 1.81 bits per heavy atom. The Bertz CT molecular complexity index is 655. The Balaban J connectivity index is 1.82. The molecule has 0 amide bonds. The van der Waals surface area contributed by atoms with Crippen molar-refractivity contribution in [1.82, 2.24) is 0 Å². The Morgan fingerprint density at radius 1 is 1.10 bits per heavy atom. The Labute approximate surface area is 191 Å². The first-order chi connectivity index (χ1) is 14.5. The maximum absolute atomic E-state index is 13.3. The number of carboxylic acid groups (broad SMARTS) is 1. The van der Waals surface area contributed by atoms with Crippen LogP contribution in [0.4, 0.5) is 0 Å². The predicted molar refractivity (Wildman–Crippen MR) is 127 cm³/mol. The van der Waals surface area contributed by atoms with Crippen LogP contribution in [0.2, 0.25) is 0 Å². The molecule has 0 spiro atoms. The van der Waals surface area contributed by atoms with Gasteiger partial charge in [0, 0.05) is 18.3 Å². The van der Waals surface area contributed by atoms with Gasteiger partial charge in [-0.1, -0.05) is 67.2 Å². The standard InChI is InChI=1S/C28H48O3/c1-7-20-17-24(29)28(6,16-14-25(30)31)23-13-15-27(5)21(11-12-22(27)26(20)23)19(4)10-8-9-18(2)3/h18-23,26H,7-17H2,1-6H3,(H,30,31)/t19-,20+,21-,22+,23+,26+,27-,28-/m1/s1. The number of hydrogen-bond acceptors (Lipinski definition) is 2. The third-order valence-electron chi connectivity index (χ3n) is 10.4. The number of ketones is 1. The summed E-state index contributed by atoms with van der Waals surface area (Å²) in [5, 5.41) is 9.32. The van der Waals surface area contributed by atoms with Crippen molar-refractivity contribution in [1.29, 1.82) is 0 Å². The van der Waals surface area contributed by atoms with Crippen LogP contribution in [-0.4, -0.2) is 16.9 Å². The van der Waals surface area contributed by atoms with E-state index in [0.717, 1.165) is 30.6 Å². The third kappa shape index (κ3) is 4.62. The summed E-state index contributed by atoms with van der Waals surface area (Å²) in [6, 6.07) is 0. The zero-order chi connectivity index (χ0) is 23.0. The highest BCUT2D eigenvalue weighted by Gasteiger charge is 2.61. The van der Waals surface area contributed by atoms with Gasteiger partial charge in [-0.05, 0) is 78.9 Å². The second-order valence-corrected chi connectivity index (χ2v) is 12.4. The number of carbonyl (C=O) groups is 2. The van der Waals surface area contributed by atoms with E-state index in [9.17, 15) is 14.7 Å². The van der Waals surface area contributed by atoms with E-state index in [1.54, 1.807) is 0 Å². The first-order valence-corrected chi connectivity index (χ1v) is 13.3. The molecule has 0 heterocycles. The second-order valence-electron chi connectivity index (χ2n) is 12.4. The number of carboxylic acids is 1. The van der Waals surface area contributed by atoms with E-state index in [1.165, 1.54) is 38.5 Å². The minimum Gasteiger partial charge on any atom is -0.481 e. The summed E-state index contributed by atoms with van der Waals surface area (Å²) in [7, 11) is 0. The lowest BCUT2D eigenvalue weighted by molar-refractivity contribution is -0.155. The van der Waals surface area contributed by atoms with Gasteiger partial charge in [0.15, 0.2) is 0 Å². The van der Waals surface area contributed by atoms with Gasteiger partial charge < -0.3 is 5.11 Å². The lowest BCUT2D eigenvalue weighted by atomic mass is 9.45. The Morgan fingerprint density at radius 3 is 2.42 bits per heavy atom. The molecule has 178 valence electrons. The molecule has 3 aliphatic carbocycles. The minimum absolute atomic E-state index is 0.125. The number of aliphatic carboxylic acids is 1. The van der Waals surface area contributed by atoms with Gasteiger partial charge in [0.1, 0.15) is 5.78 Å². The molecule has 1 N–H and O–H groups in total. The van der Waals surface area contributed by atoms with Crippen LogP contribution >= 0.6 is 0 Å². The van der Waals surface area contributed by atoms with Crippen molar-refractivity contribution in [2.75, 3.05) is 0 Å². The summed E-state index contributed by atoms with van der Waals surface area (Å²) in [6.07, 6.45) is 11.5. The van der Waals surface area contributed by atoms with Gasteiger partial charge in [0.25, 0.3) is 0 Å². The zero-order valence-corrected chi connectivity index (χ0v) is 21.1. The summed E-state index contributed by atoms with van der Waals surface area (Å²) in [4.78, 5) is 24.6. The molecule has 0 radical (unpaired) electrons. The van der Waals surface area contributed by atoms with Crippen LogP contribution in [-0.2, 0) is 9.59 Å². The van der Waals surface area contributed by atoms with E-state index >= 15 is 0 Å². The van der Waals surface area contributed by atoms with Gasteiger partial charge in [-0.3, -0.25) is 9.59 Å². The lowest BCUT2D eigenvalue weighted by Crippen LogP contribution is -2.55. The van der Waals surface area contributed by atoms with E-state index in [0.29, 0.717) is 47.7 Å². The molecule has 3 heteroatoms. The molecule has 0 unspecified atom stereocenters. The molecule has 3 nitrogen and oxygen atoms in total. The number of fused-ring (bicyclic) bond motifs is 3. The maximum Gasteiger partial charge on any atom is 0.303 e. The summed E-state index contributed by atoms with van der Waals surface area (Å²) in [5.41, 5.74) is -0.0308. The van der Waals surface area contributed by atoms with Gasteiger partial charge in [0.2, 0.25) is 0 Å². The fraction of sp³-hybridized carbons (Fsp3) is 0.929. The molecule has 8 atom stereocenters. The van der Waals surface area contributed by atoms with Crippen molar-refractivity contribution >= 4 is 11.8 Å². The van der Waals surface area contributed by atoms with Crippen LogP contribution in [0.25, 0.3) is 0 Å². The first-order valence-electron chi connectivity index (χ1n) is 13.3. The van der Waals surface area contributed by atoms with Crippen LogP contribution in [0.15, 0.2) is 0 Å². The van der Waals surface area contributed by atoms with E-state index in [-0.39, 0.29) is 6.42 Å². The van der Waals surface area contributed by atoms with Gasteiger partial charge in [-0.2, -0.15) is 0 Å².